The van der Waals surface area contributed by atoms with E-state index in [2.05, 4.69) is 22.8 Å². The summed E-state index contributed by atoms with van der Waals surface area (Å²) in [7, 11) is 0. The van der Waals surface area contributed by atoms with Gasteiger partial charge in [0.05, 0.1) is 23.1 Å². The van der Waals surface area contributed by atoms with Crippen LogP contribution in [0.5, 0.6) is 0 Å². The summed E-state index contributed by atoms with van der Waals surface area (Å²) in [6.07, 6.45) is 0. The molecule has 2 heterocycles. The Morgan fingerprint density at radius 1 is 0.697 bits per heavy atom. The van der Waals surface area contributed by atoms with Gasteiger partial charge in [-0.1, -0.05) is 72.8 Å². The lowest BCUT2D eigenvalue weighted by Gasteiger charge is -2.20. The number of halogens is 1. The highest BCUT2D eigenvalue weighted by atomic mass is 19.1. The van der Waals surface area contributed by atoms with Gasteiger partial charge in [0.15, 0.2) is 0 Å². The Bertz CT molecular complexity index is 1410. The number of rotatable bonds is 3. The number of nitrogens with zero attached hydrogens (tertiary/aromatic N) is 2. The van der Waals surface area contributed by atoms with E-state index in [9.17, 15) is 4.39 Å². The van der Waals surface area contributed by atoms with Crippen molar-refractivity contribution < 1.29 is 4.39 Å². The van der Waals surface area contributed by atoms with Crippen molar-refractivity contribution in [2.45, 2.75) is 6.04 Å². The normalized spacial score (nSPS) is 14.4. The molecule has 0 saturated carbocycles. The lowest BCUT2D eigenvalue weighted by molar-refractivity contribution is 0.626. The molecule has 0 fully saturated rings. The molecule has 2 N–H and O–H groups in total. The number of hydrogen-bond donors (Lipinski definition) is 2. The van der Waals surface area contributed by atoms with Crippen LogP contribution in [0.25, 0.3) is 16.9 Å². The predicted octanol–water partition coefficient (Wildman–Crippen LogP) is 6.94. The fraction of sp³-hybridized carbons (Fsp3) is 0.0357. The van der Waals surface area contributed by atoms with Crippen molar-refractivity contribution in [2.75, 3.05) is 10.6 Å². The Hall–Kier alpha value is -4.38. The number of hydrogen-bond acceptors (Lipinski definition) is 3. The minimum atomic E-state index is -0.255. The fourth-order valence-electron chi connectivity index (χ4n) is 4.37. The number of aromatic nitrogens is 2. The second-order valence-electron chi connectivity index (χ2n) is 8.02. The monoisotopic (exact) mass is 432 g/mol. The molecule has 5 aromatic rings. The van der Waals surface area contributed by atoms with Crippen LogP contribution in [-0.2, 0) is 0 Å². The zero-order chi connectivity index (χ0) is 22.2. The molecule has 6 rings (SSSR count). The average molecular weight is 433 g/mol. The molecular formula is C28H21FN4. The zero-order valence-corrected chi connectivity index (χ0v) is 17.7. The van der Waals surface area contributed by atoms with Crippen molar-refractivity contribution in [1.29, 1.82) is 0 Å². The van der Waals surface area contributed by atoms with Crippen molar-refractivity contribution in [1.82, 2.24) is 9.78 Å². The van der Waals surface area contributed by atoms with E-state index in [0.29, 0.717) is 0 Å². The van der Waals surface area contributed by atoms with E-state index in [-0.39, 0.29) is 11.9 Å². The maximum absolute atomic E-state index is 13.8. The maximum atomic E-state index is 13.8. The Morgan fingerprint density at radius 2 is 1.33 bits per heavy atom. The lowest BCUT2D eigenvalue weighted by Crippen LogP contribution is -2.12. The van der Waals surface area contributed by atoms with Gasteiger partial charge in [0.25, 0.3) is 0 Å². The Morgan fingerprint density at radius 3 is 2.06 bits per heavy atom. The van der Waals surface area contributed by atoms with Gasteiger partial charge >= 0.3 is 0 Å². The predicted molar refractivity (Wildman–Crippen MR) is 131 cm³/mol. The quantitative estimate of drug-likeness (QED) is 0.325. The van der Waals surface area contributed by atoms with Crippen molar-refractivity contribution >= 4 is 17.2 Å². The van der Waals surface area contributed by atoms with Crippen molar-refractivity contribution in [3.8, 4) is 16.9 Å². The van der Waals surface area contributed by atoms with Crippen LogP contribution in [0, 0.1) is 5.82 Å². The second-order valence-corrected chi connectivity index (χ2v) is 8.02. The van der Waals surface area contributed by atoms with Gasteiger partial charge in [0, 0.05) is 11.1 Å². The van der Waals surface area contributed by atoms with Crippen LogP contribution in [0.1, 0.15) is 17.2 Å². The Labute approximate surface area is 191 Å². The maximum Gasteiger partial charge on any atom is 0.140 e. The summed E-state index contributed by atoms with van der Waals surface area (Å²) in [5, 5.41) is 12.4. The molecule has 160 valence electrons. The van der Waals surface area contributed by atoms with E-state index >= 15 is 0 Å². The van der Waals surface area contributed by atoms with Crippen molar-refractivity contribution in [3.63, 3.8) is 0 Å². The minimum Gasteiger partial charge on any atom is -0.372 e. The van der Waals surface area contributed by atoms with Crippen LogP contribution in [0.15, 0.2) is 109 Å². The highest BCUT2D eigenvalue weighted by Gasteiger charge is 2.31. The SMILES string of the molecule is Fc1ccc([C@@H]2Nc3ccccc3Nc3c2c(-c2ccccc2)nn3-c2ccccc2)cc1. The highest BCUT2D eigenvalue weighted by molar-refractivity contribution is 5.83. The van der Waals surface area contributed by atoms with Gasteiger partial charge in [-0.2, -0.15) is 5.10 Å². The molecule has 1 aliphatic heterocycles. The van der Waals surface area contributed by atoms with Crippen molar-refractivity contribution in [3.05, 3.63) is 126 Å². The van der Waals surface area contributed by atoms with Gasteiger partial charge in [-0.25, -0.2) is 9.07 Å². The number of anilines is 3. The lowest BCUT2D eigenvalue weighted by atomic mass is 9.95. The van der Waals surface area contributed by atoms with Gasteiger partial charge in [-0.15, -0.1) is 0 Å². The van der Waals surface area contributed by atoms with Gasteiger partial charge in [0.2, 0.25) is 0 Å². The molecule has 1 aromatic heterocycles. The summed E-state index contributed by atoms with van der Waals surface area (Å²) in [5.41, 5.74) is 6.75. The van der Waals surface area contributed by atoms with Crippen LogP contribution in [-0.4, -0.2) is 9.78 Å². The molecule has 1 aliphatic rings. The Balaban J connectivity index is 1.66. The van der Waals surface area contributed by atoms with Crippen LogP contribution < -0.4 is 10.6 Å². The zero-order valence-electron chi connectivity index (χ0n) is 17.7. The number of nitrogens with one attached hydrogen (secondary N) is 2. The Kier molecular flexibility index (Phi) is 4.65. The third-order valence-electron chi connectivity index (χ3n) is 5.94. The molecule has 0 spiro atoms. The molecule has 0 saturated heterocycles. The summed E-state index contributed by atoms with van der Waals surface area (Å²) in [6.45, 7) is 0. The molecule has 0 radical (unpaired) electrons. The summed E-state index contributed by atoms with van der Waals surface area (Å²) in [6, 6.07) is 34.8. The van der Waals surface area contributed by atoms with Gasteiger partial charge in [-0.05, 0) is 42.0 Å². The molecule has 0 aliphatic carbocycles. The number of para-hydroxylation sites is 3. The summed E-state index contributed by atoms with van der Waals surface area (Å²) in [5.74, 6) is 0.626. The first kappa shape index (κ1) is 19.3. The van der Waals surface area contributed by atoms with Crippen LogP contribution >= 0.6 is 0 Å². The first-order valence-corrected chi connectivity index (χ1v) is 10.9. The topological polar surface area (TPSA) is 41.9 Å². The van der Waals surface area contributed by atoms with Crippen molar-refractivity contribution in [2.24, 2.45) is 0 Å². The van der Waals surface area contributed by atoms with Crippen LogP contribution in [0.3, 0.4) is 0 Å². The molecule has 0 amide bonds. The van der Waals surface area contributed by atoms with Gasteiger partial charge in [-0.3, -0.25) is 0 Å². The highest BCUT2D eigenvalue weighted by Crippen LogP contribution is 2.45. The third-order valence-corrected chi connectivity index (χ3v) is 5.94. The molecule has 4 nitrogen and oxygen atoms in total. The van der Waals surface area contributed by atoms with E-state index in [0.717, 1.165) is 45.3 Å². The smallest absolute Gasteiger partial charge is 0.140 e. The molecular weight excluding hydrogens is 411 g/mol. The second kappa shape index (κ2) is 7.95. The molecule has 33 heavy (non-hydrogen) atoms. The van der Waals surface area contributed by atoms with Gasteiger partial charge in [0.1, 0.15) is 17.3 Å². The largest absolute Gasteiger partial charge is 0.372 e. The average Bonchev–Trinajstić information content (AvgIpc) is 3.15. The molecule has 0 unspecified atom stereocenters. The van der Waals surface area contributed by atoms with Crippen LogP contribution in [0.4, 0.5) is 21.6 Å². The molecule has 0 bridgehead atoms. The summed E-state index contributed by atoms with van der Waals surface area (Å²) < 4.78 is 15.7. The van der Waals surface area contributed by atoms with Gasteiger partial charge < -0.3 is 10.6 Å². The summed E-state index contributed by atoms with van der Waals surface area (Å²) in [4.78, 5) is 0. The van der Waals surface area contributed by atoms with E-state index in [1.807, 2.05) is 89.6 Å². The van der Waals surface area contributed by atoms with Crippen LogP contribution in [0.2, 0.25) is 0 Å². The first-order chi connectivity index (χ1) is 16.3. The first-order valence-electron chi connectivity index (χ1n) is 10.9. The summed E-state index contributed by atoms with van der Waals surface area (Å²) >= 11 is 0. The standard InChI is InChI=1S/C28H21FN4/c29-21-17-15-20(16-18-21)26-25-27(19-9-3-1-4-10-19)32-33(22-11-5-2-6-12-22)28(25)31-24-14-8-7-13-23(24)30-26/h1-18,26,30-31H/t26-/m0/s1. The van der Waals surface area contributed by atoms with E-state index in [4.69, 9.17) is 5.10 Å². The minimum absolute atomic E-state index is 0.232. The van der Waals surface area contributed by atoms with E-state index < -0.39 is 0 Å². The third kappa shape index (κ3) is 3.44. The van der Waals surface area contributed by atoms with E-state index in [1.54, 1.807) is 0 Å². The fourth-order valence-corrected chi connectivity index (χ4v) is 4.37. The number of fused-ring (bicyclic) bond motifs is 2. The molecule has 1 atom stereocenters. The van der Waals surface area contributed by atoms with E-state index in [1.165, 1.54) is 12.1 Å². The molecule has 4 aromatic carbocycles. The number of benzene rings is 4. The molecule has 5 heteroatoms.